The number of sulfonamides is 1. The minimum absolute atomic E-state index is 0.129. The Bertz CT molecular complexity index is 1080. The lowest BCUT2D eigenvalue weighted by atomic mass is 9.99. The molecular weight excluding hydrogens is 363 g/mol. The first-order valence-electron chi connectivity index (χ1n) is 8.54. The van der Waals surface area contributed by atoms with Crippen molar-refractivity contribution in [3.05, 3.63) is 102 Å². The van der Waals surface area contributed by atoms with E-state index in [1.807, 2.05) is 30.3 Å². The third-order valence-corrected chi connectivity index (χ3v) is 6.23. The van der Waals surface area contributed by atoms with Crippen LogP contribution in [0.5, 0.6) is 0 Å². The summed E-state index contributed by atoms with van der Waals surface area (Å²) in [6.45, 7) is 0. The van der Waals surface area contributed by atoms with Gasteiger partial charge in [0.15, 0.2) is 0 Å². The molecule has 0 N–H and O–H groups in total. The molecule has 0 aliphatic carbocycles. The van der Waals surface area contributed by atoms with Crippen LogP contribution in [0.3, 0.4) is 0 Å². The fourth-order valence-corrected chi connectivity index (χ4v) is 4.64. The topological polar surface area (TPSA) is 49.7 Å². The van der Waals surface area contributed by atoms with Crippen molar-refractivity contribution in [2.45, 2.75) is 17.4 Å². The second-order valence-corrected chi connectivity index (χ2v) is 8.04. The number of nitrogens with zero attached hydrogens (tertiary/aromatic N) is 2. The standard InChI is InChI=1S/C21H17FN2O2S/c22-19-14-8-7-13-18(19)21-15-20(16-9-3-1-4-10-16)23-24(21)27(25,26)17-11-5-2-6-12-17/h1-14,21H,15H2/t21-/m1/s1. The fraction of sp³-hybridized carbons (Fsp3) is 0.0952. The van der Waals surface area contributed by atoms with Gasteiger partial charge in [-0.25, -0.2) is 4.39 Å². The first kappa shape index (κ1) is 17.4. The summed E-state index contributed by atoms with van der Waals surface area (Å²) in [5.41, 5.74) is 1.75. The molecule has 136 valence electrons. The van der Waals surface area contributed by atoms with Gasteiger partial charge in [-0.05, 0) is 23.8 Å². The lowest BCUT2D eigenvalue weighted by Crippen LogP contribution is -2.27. The van der Waals surface area contributed by atoms with Gasteiger partial charge in [0.1, 0.15) is 5.82 Å². The van der Waals surface area contributed by atoms with E-state index in [4.69, 9.17) is 0 Å². The molecule has 3 aromatic carbocycles. The summed E-state index contributed by atoms with van der Waals surface area (Å²) in [5, 5.41) is 4.40. The predicted octanol–water partition coefficient (Wildman–Crippen LogP) is 4.37. The van der Waals surface area contributed by atoms with Crippen LogP contribution in [0.25, 0.3) is 0 Å². The monoisotopic (exact) mass is 380 g/mol. The van der Waals surface area contributed by atoms with E-state index in [1.54, 1.807) is 36.4 Å². The third kappa shape index (κ3) is 3.24. The molecule has 3 aromatic rings. The Morgan fingerprint density at radius 3 is 2.11 bits per heavy atom. The van der Waals surface area contributed by atoms with Crippen molar-refractivity contribution in [2.75, 3.05) is 0 Å². The van der Waals surface area contributed by atoms with Gasteiger partial charge >= 0.3 is 0 Å². The zero-order chi connectivity index (χ0) is 18.9. The molecule has 4 rings (SSSR count). The van der Waals surface area contributed by atoms with E-state index in [9.17, 15) is 12.8 Å². The van der Waals surface area contributed by atoms with E-state index in [2.05, 4.69) is 5.10 Å². The van der Waals surface area contributed by atoms with E-state index in [0.29, 0.717) is 17.7 Å². The average molecular weight is 380 g/mol. The Hall–Kier alpha value is -2.99. The molecule has 4 nitrogen and oxygen atoms in total. The normalized spacial score (nSPS) is 17.0. The summed E-state index contributed by atoms with van der Waals surface area (Å²) in [5.74, 6) is -0.444. The second-order valence-electron chi connectivity index (χ2n) is 6.24. The van der Waals surface area contributed by atoms with Crippen LogP contribution in [0.2, 0.25) is 0 Å². The molecule has 0 amide bonds. The highest BCUT2D eigenvalue weighted by atomic mass is 32.2. The highest BCUT2D eigenvalue weighted by molar-refractivity contribution is 7.89. The maximum Gasteiger partial charge on any atom is 0.279 e. The largest absolute Gasteiger partial charge is 0.279 e. The van der Waals surface area contributed by atoms with Gasteiger partial charge in [-0.3, -0.25) is 0 Å². The highest BCUT2D eigenvalue weighted by Gasteiger charge is 2.38. The first-order valence-corrected chi connectivity index (χ1v) is 9.98. The number of hydrogen-bond donors (Lipinski definition) is 0. The van der Waals surface area contributed by atoms with Gasteiger partial charge in [0, 0.05) is 12.0 Å². The highest BCUT2D eigenvalue weighted by Crippen LogP contribution is 2.37. The van der Waals surface area contributed by atoms with Crippen molar-refractivity contribution in [2.24, 2.45) is 5.10 Å². The summed E-state index contributed by atoms with van der Waals surface area (Å²) >= 11 is 0. The van der Waals surface area contributed by atoms with Gasteiger partial charge in [-0.1, -0.05) is 66.7 Å². The van der Waals surface area contributed by atoms with Crippen molar-refractivity contribution in [1.82, 2.24) is 4.41 Å². The van der Waals surface area contributed by atoms with Crippen molar-refractivity contribution in [1.29, 1.82) is 0 Å². The Kier molecular flexibility index (Phi) is 4.49. The minimum Gasteiger partial charge on any atom is -0.207 e. The molecule has 0 saturated carbocycles. The molecule has 1 heterocycles. The van der Waals surface area contributed by atoms with Crippen molar-refractivity contribution in [3.63, 3.8) is 0 Å². The zero-order valence-electron chi connectivity index (χ0n) is 14.4. The van der Waals surface area contributed by atoms with Crippen molar-refractivity contribution >= 4 is 15.7 Å². The number of halogens is 1. The Labute approximate surface area is 157 Å². The zero-order valence-corrected chi connectivity index (χ0v) is 15.2. The molecule has 0 unspecified atom stereocenters. The first-order chi connectivity index (χ1) is 13.1. The fourth-order valence-electron chi connectivity index (χ4n) is 3.19. The predicted molar refractivity (Wildman–Crippen MR) is 102 cm³/mol. The van der Waals surface area contributed by atoms with Crippen LogP contribution < -0.4 is 0 Å². The third-order valence-electron chi connectivity index (χ3n) is 4.53. The molecule has 1 aliphatic rings. The second kappa shape index (κ2) is 6.96. The van der Waals surface area contributed by atoms with Crippen molar-refractivity contribution in [3.8, 4) is 0 Å². The molecule has 0 fully saturated rings. The van der Waals surface area contributed by atoms with Crippen LogP contribution in [0.4, 0.5) is 4.39 Å². The summed E-state index contributed by atoms with van der Waals surface area (Å²) in [7, 11) is -3.91. The smallest absolute Gasteiger partial charge is 0.207 e. The van der Waals surface area contributed by atoms with Gasteiger partial charge in [-0.15, -0.1) is 0 Å². The molecular formula is C21H17FN2O2S. The van der Waals surface area contributed by atoms with E-state index < -0.39 is 21.9 Å². The molecule has 1 aliphatic heterocycles. The van der Waals surface area contributed by atoms with Crippen LogP contribution >= 0.6 is 0 Å². The van der Waals surface area contributed by atoms with E-state index in [0.717, 1.165) is 9.98 Å². The molecule has 1 atom stereocenters. The molecule has 6 heteroatoms. The number of rotatable bonds is 4. The lowest BCUT2D eigenvalue weighted by molar-refractivity contribution is 0.362. The molecule has 0 saturated heterocycles. The summed E-state index contributed by atoms with van der Waals surface area (Å²) in [6, 6.07) is 22.9. The van der Waals surface area contributed by atoms with Crippen LogP contribution in [0.15, 0.2) is 94.9 Å². The van der Waals surface area contributed by atoms with Crippen LogP contribution in [-0.4, -0.2) is 18.5 Å². The van der Waals surface area contributed by atoms with Gasteiger partial charge in [0.25, 0.3) is 10.0 Å². The maximum absolute atomic E-state index is 14.5. The van der Waals surface area contributed by atoms with Gasteiger partial charge in [-0.2, -0.15) is 17.9 Å². The molecule has 27 heavy (non-hydrogen) atoms. The molecule has 0 spiro atoms. The quantitative estimate of drug-likeness (QED) is 0.675. The Morgan fingerprint density at radius 2 is 1.44 bits per heavy atom. The molecule has 0 radical (unpaired) electrons. The number of benzene rings is 3. The van der Waals surface area contributed by atoms with Crippen LogP contribution in [-0.2, 0) is 10.0 Å². The van der Waals surface area contributed by atoms with Crippen LogP contribution in [0.1, 0.15) is 23.6 Å². The van der Waals surface area contributed by atoms with Crippen molar-refractivity contribution < 1.29 is 12.8 Å². The Morgan fingerprint density at radius 1 is 0.852 bits per heavy atom. The lowest BCUT2D eigenvalue weighted by Gasteiger charge is -2.23. The summed E-state index contributed by atoms with van der Waals surface area (Å²) < 4.78 is 41.9. The SMILES string of the molecule is O=S(=O)(c1ccccc1)N1N=C(c2ccccc2)C[C@@H]1c1ccccc1F. The van der Waals surface area contributed by atoms with Gasteiger partial charge in [0.2, 0.25) is 0 Å². The molecule has 0 aromatic heterocycles. The van der Waals surface area contributed by atoms with E-state index in [1.165, 1.54) is 18.2 Å². The summed E-state index contributed by atoms with van der Waals surface area (Å²) in [4.78, 5) is 0.129. The van der Waals surface area contributed by atoms with Crippen LogP contribution in [0, 0.1) is 5.82 Å². The average Bonchev–Trinajstić information content (AvgIpc) is 3.16. The van der Waals surface area contributed by atoms with E-state index >= 15 is 0 Å². The molecule has 0 bridgehead atoms. The maximum atomic E-state index is 14.5. The van der Waals surface area contributed by atoms with Gasteiger partial charge in [0.05, 0.1) is 16.6 Å². The Balaban J connectivity index is 1.83. The number of hydrazone groups is 1. The number of hydrogen-bond acceptors (Lipinski definition) is 3. The minimum atomic E-state index is -3.91. The van der Waals surface area contributed by atoms with E-state index in [-0.39, 0.29) is 4.90 Å². The van der Waals surface area contributed by atoms with Gasteiger partial charge < -0.3 is 0 Å². The summed E-state index contributed by atoms with van der Waals surface area (Å²) in [6.07, 6.45) is 0.303.